The van der Waals surface area contributed by atoms with Crippen molar-refractivity contribution in [2.75, 3.05) is 44.2 Å². The van der Waals surface area contributed by atoms with Crippen molar-refractivity contribution < 1.29 is 63.7 Å². The number of nitrogens with zero attached hydrogens (tertiary/aromatic N) is 3. The van der Waals surface area contributed by atoms with E-state index in [4.69, 9.17) is 4.74 Å². The maximum Gasteiger partial charge on any atom is 0.434 e. The van der Waals surface area contributed by atoms with Crippen LogP contribution in [-0.4, -0.2) is 96.4 Å². The molecule has 3 saturated heterocycles. The SMILES string of the molecule is O=C(O)C1CN(c2cc(CN3CCCC34CCN(C(=O)OC(C(F)(F)F)C(F)(F)F)CC4)cc(C(F)(F)F)c2)CCO1. The van der Waals surface area contributed by atoms with Crippen LogP contribution < -0.4 is 4.90 Å². The van der Waals surface area contributed by atoms with Crippen LogP contribution >= 0.6 is 0 Å². The molecular formula is C25H28F9N3O5. The molecule has 0 bridgehead atoms. The number of ether oxygens (including phenoxy) is 2. The first-order chi connectivity index (χ1) is 19.4. The fraction of sp³-hybridized carbons (Fsp3) is 0.680. The zero-order valence-electron chi connectivity index (χ0n) is 22.0. The summed E-state index contributed by atoms with van der Waals surface area (Å²) in [6.45, 7) is 0.152. The molecule has 0 saturated carbocycles. The summed E-state index contributed by atoms with van der Waals surface area (Å²) in [6, 6.07) is 3.46. The van der Waals surface area contributed by atoms with E-state index in [9.17, 15) is 54.2 Å². The van der Waals surface area contributed by atoms with Crippen LogP contribution in [0.4, 0.5) is 50.0 Å². The van der Waals surface area contributed by atoms with Crippen molar-refractivity contribution in [2.45, 2.75) is 68.5 Å². The molecule has 8 nitrogen and oxygen atoms in total. The zero-order valence-corrected chi connectivity index (χ0v) is 22.0. The van der Waals surface area contributed by atoms with Gasteiger partial charge in [0, 0.05) is 37.4 Å². The van der Waals surface area contributed by atoms with E-state index in [0.29, 0.717) is 24.9 Å². The number of carboxylic acid groups (broad SMARTS) is 1. The Hall–Kier alpha value is -2.95. The van der Waals surface area contributed by atoms with Crippen LogP contribution in [0.15, 0.2) is 18.2 Å². The van der Waals surface area contributed by atoms with Crippen LogP contribution in [0.1, 0.15) is 36.8 Å². The van der Waals surface area contributed by atoms with Crippen LogP contribution in [0.5, 0.6) is 0 Å². The number of alkyl halides is 9. The number of halogens is 9. The molecule has 0 radical (unpaired) electrons. The predicted octanol–water partition coefficient (Wildman–Crippen LogP) is 5.06. The third kappa shape index (κ3) is 7.15. The molecule has 1 unspecified atom stereocenters. The Bertz CT molecular complexity index is 1140. The van der Waals surface area contributed by atoms with Crippen molar-refractivity contribution in [3.63, 3.8) is 0 Å². The first kappa shape index (κ1) is 32.0. The lowest BCUT2D eigenvalue weighted by atomic mass is 9.84. The number of anilines is 1. The summed E-state index contributed by atoms with van der Waals surface area (Å²) in [5.74, 6) is -1.24. The van der Waals surface area contributed by atoms with E-state index in [2.05, 4.69) is 4.74 Å². The normalized spacial score (nSPS) is 22.2. The lowest BCUT2D eigenvalue weighted by molar-refractivity contribution is -0.308. The number of carbonyl (C=O) groups excluding carboxylic acids is 1. The molecule has 1 amide bonds. The Morgan fingerprint density at radius 1 is 0.952 bits per heavy atom. The van der Waals surface area contributed by atoms with Crippen LogP contribution in [0, 0.1) is 0 Å². The lowest BCUT2D eigenvalue weighted by Gasteiger charge is -2.45. The summed E-state index contributed by atoms with van der Waals surface area (Å²) >= 11 is 0. The van der Waals surface area contributed by atoms with Gasteiger partial charge in [0.15, 0.2) is 6.10 Å². The minimum atomic E-state index is -5.84. The van der Waals surface area contributed by atoms with Gasteiger partial charge in [0.05, 0.1) is 18.7 Å². The van der Waals surface area contributed by atoms with E-state index in [0.717, 1.165) is 17.0 Å². The third-order valence-corrected chi connectivity index (χ3v) is 7.89. The smallest absolute Gasteiger partial charge is 0.434 e. The number of aliphatic carboxylic acids is 1. The monoisotopic (exact) mass is 621 g/mol. The largest absolute Gasteiger partial charge is 0.479 e. The molecule has 3 heterocycles. The van der Waals surface area contributed by atoms with Gasteiger partial charge in [-0.25, -0.2) is 9.59 Å². The second-order valence-electron chi connectivity index (χ2n) is 10.6. The van der Waals surface area contributed by atoms with E-state index in [1.54, 1.807) is 0 Å². The summed E-state index contributed by atoms with van der Waals surface area (Å²) < 4.78 is 127. The predicted molar refractivity (Wildman–Crippen MR) is 127 cm³/mol. The quantitative estimate of drug-likeness (QED) is 0.461. The van der Waals surface area contributed by atoms with Crippen LogP contribution in [0.3, 0.4) is 0 Å². The number of piperidine rings is 1. The Labute approximate surface area is 233 Å². The Kier molecular flexibility index (Phi) is 8.84. The van der Waals surface area contributed by atoms with Gasteiger partial charge in [-0.05, 0) is 56.0 Å². The zero-order chi connectivity index (χ0) is 31.1. The van der Waals surface area contributed by atoms with Crippen molar-refractivity contribution in [3.05, 3.63) is 29.3 Å². The summed E-state index contributed by atoms with van der Waals surface area (Å²) in [5.41, 5.74) is -1.10. The molecule has 3 aliphatic rings. The summed E-state index contributed by atoms with van der Waals surface area (Å²) in [5, 5.41) is 9.27. The highest BCUT2D eigenvalue weighted by Gasteiger charge is 2.60. The van der Waals surface area contributed by atoms with Gasteiger partial charge in [-0.15, -0.1) is 0 Å². The number of likely N-dealkylation sites (tertiary alicyclic amines) is 2. The van der Waals surface area contributed by atoms with Gasteiger partial charge in [-0.2, -0.15) is 39.5 Å². The highest BCUT2D eigenvalue weighted by Crippen LogP contribution is 2.42. The highest BCUT2D eigenvalue weighted by atomic mass is 19.4. The second-order valence-corrected chi connectivity index (χ2v) is 10.6. The number of amides is 1. The Balaban J connectivity index is 1.48. The molecule has 0 aromatic heterocycles. The first-order valence-electron chi connectivity index (χ1n) is 13.0. The minimum Gasteiger partial charge on any atom is -0.479 e. The average Bonchev–Trinajstić information content (AvgIpc) is 3.26. The van der Waals surface area contributed by atoms with Crippen molar-refractivity contribution in [1.29, 1.82) is 0 Å². The van der Waals surface area contributed by atoms with Crippen molar-refractivity contribution in [3.8, 4) is 0 Å². The summed E-state index contributed by atoms with van der Waals surface area (Å²) in [6.07, 6.45) is -22.0. The number of carbonyl (C=O) groups is 2. The van der Waals surface area contributed by atoms with E-state index in [-0.39, 0.29) is 57.9 Å². The fourth-order valence-corrected chi connectivity index (χ4v) is 5.77. The van der Waals surface area contributed by atoms with Crippen LogP contribution in [0.2, 0.25) is 0 Å². The molecule has 42 heavy (non-hydrogen) atoms. The van der Waals surface area contributed by atoms with Gasteiger partial charge in [0.1, 0.15) is 0 Å². The van der Waals surface area contributed by atoms with E-state index < -0.39 is 53.9 Å². The minimum absolute atomic E-state index is 0.00338. The molecule has 1 aromatic rings. The molecular weight excluding hydrogens is 593 g/mol. The van der Waals surface area contributed by atoms with Gasteiger partial charge >= 0.3 is 30.6 Å². The molecule has 1 atom stereocenters. The number of hydrogen-bond donors (Lipinski definition) is 1. The van der Waals surface area contributed by atoms with Crippen LogP contribution in [0.25, 0.3) is 0 Å². The fourth-order valence-electron chi connectivity index (χ4n) is 5.77. The molecule has 1 N–H and O–H groups in total. The lowest BCUT2D eigenvalue weighted by Crippen LogP contribution is -2.54. The molecule has 4 rings (SSSR count). The van der Waals surface area contributed by atoms with Gasteiger partial charge < -0.3 is 24.4 Å². The van der Waals surface area contributed by atoms with Gasteiger partial charge in [0.25, 0.3) is 6.10 Å². The van der Waals surface area contributed by atoms with E-state index in [1.807, 2.05) is 4.90 Å². The molecule has 3 fully saturated rings. The maximum atomic E-state index is 13.8. The Morgan fingerprint density at radius 2 is 1.60 bits per heavy atom. The second kappa shape index (κ2) is 11.6. The molecule has 236 valence electrons. The number of carboxylic acids is 1. The highest BCUT2D eigenvalue weighted by molar-refractivity contribution is 5.73. The third-order valence-electron chi connectivity index (χ3n) is 7.89. The van der Waals surface area contributed by atoms with Gasteiger partial charge in [0.2, 0.25) is 0 Å². The number of benzene rings is 1. The molecule has 1 aromatic carbocycles. The van der Waals surface area contributed by atoms with E-state index >= 15 is 0 Å². The molecule has 17 heteroatoms. The van der Waals surface area contributed by atoms with Crippen LogP contribution in [-0.2, 0) is 27.0 Å². The molecule has 1 spiro atoms. The first-order valence-corrected chi connectivity index (χ1v) is 13.0. The van der Waals surface area contributed by atoms with E-state index in [1.165, 1.54) is 11.0 Å². The van der Waals surface area contributed by atoms with Gasteiger partial charge in [-0.1, -0.05) is 0 Å². The van der Waals surface area contributed by atoms with Crippen molar-refractivity contribution in [1.82, 2.24) is 9.80 Å². The summed E-state index contributed by atoms with van der Waals surface area (Å²) in [4.78, 5) is 27.7. The maximum absolute atomic E-state index is 13.8. The number of morpholine rings is 1. The molecule has 0 aliphatic carbocycles. The average molecular weight is 621 g/mol. The van der Waals surface area contributed by atoms with Gasteiger partial charge in [-0.3, -0.25) is 4.90 Å². The van der Waals surface area contributed by atoms with Crippen molar-refractivity contribution >= 4 is 17.7 Å². The number of hydrogen-bond acceptors (Lipinski definition) is 6. The topological polar surface area (TPSA) is 82.6 Å². The standard InChI is InChI=1S/C25H28F9N3O5/c26-23(27,28)16-10-15(11-17(12-16)36-8-9-41-18(14-36)19(38)39)13-37-5-1-2-22(37)3-6-35(7-4-22)21(40)42-20(24(29,30)31)25(32,33)34/h10-12,18,20H,1-9,13-14H2,(H,38,39). The molecule has 3 aliphatic heterocycles. The van der Waals surface area contributed by atoms with Crippen molar-refractivity contribution in [2.24, 2.45) is 0 Å². The Morgan fingerprint density at radius 3 is 2.17 bits per heavy atom. The number of rotatable bonds is 5. The summed E-state index contributed by atoms with van der Waals surface area (Å²) in [7, 11) is 0.